The van der Waals surface area contributed by atoms with Crippen LogP contribution in [0.15, 0.2) is 24.3 Å². The van der Waals surface area contributed by atoms with Crippen LogP contribution in [0.25, 0.3) is 0 Å². The number of aryl methyl sites for hydroxylation is 2. The third-order valence-electron chi connectivity index (χ3n) is 2.59. The van der Waals surface area contributed by atoms with Gasteiger partial charge in [0.1, 0.15) is 11.6 Å². The Bertz CT molecular complexity index is 588. The summed E-state index contributed by atoms with van der Waals surface area (Å²) in [5.74, 6) is -1.18. The lowest BCUT2D eigenvalue weighted by Crippen LogP contribution is -2.11. The first-order valence-corrected chi connectivity index (χ1v) is 6.16. The highest BCUT2D eigenvalue weighted by atomic mass is 32.1. The van der Waals surface area contributed by atoms with Gasteiger partial charge in [0.05, 0.1) is 10.6 Å². The van der Waals surface area contributed by atoms with E-state index in [1.807, 2.05) is 13.8 Å². The Morgan fingerprint density at radius 3 is 2.61 bits per heavy atom. The number of carbonyl (C=O) groups is 1. The molecule has 0 bridgehead atoms. The Hall–Kier alpha value is -1.88. The number of hydrogen-bond acceptors (Lipinski definition) is 3. The molecule has 0 atom stereocenters. The number of amides is 1. The van der Waals surface area contributed by atoms with Crippen molar-refractivity contribution >= 4 is 22.9 Å². The second kappa shape index (κ2) is 4.78. The first-order chi connectivity index (χ1) is 8.47. The van der Waals surface area contributed by atoms with Crippen molar-refractivity contribution in [2.75, 3.05) is 5.32 Å². The van der Waals surface area contributed by atoms with Gasteiger partial charge in [-0.1, -0.05) is 0 Å². The fourth-order valence-corrected chi connectivity index (χ4v) is 2.40. The van der Waals surface area contributed by atoms with Gasteiger partial charge in [-0.15, -0.1) is 11.3 Å². The SMILES string of the molecule is Cc1cc(C(=O)Nc2ccc(O)cc2F)sc1C. The molecule has 2 aromatic rings. The number of nitrogens with one attached hydrogen (secondary N) is 1. The Morgan fingerprint density at radius 1 is 1.33 bits per heavy atom. The van der Waals surface area contributed by atoms with Gasteiger partial charge in [0, 0.05) is 10.9 Å². The molecule has 1 amide bonds. The summed E-state index contributed by atoms with van der Waals surface area (Å²) >= 11 is 1.37. The number of aromatic hydroxyl groups is 1. The van der Waals surface area contributed by atoms with Gasteiger partial charge in [-0.05, 0) is 37.6 Å². The van der Waals surface area contributed by atoms with Crippen molar-refractivity contribution in [1.82, 2.24) is 0 Å². The number of thiophene rings is 1. The molecule has 0 radical (unpaired) electrons. The van der Waals surface area contributed by atoms with Crippen molar-refractivity contribution in [3.8, 4) is 5.75 Å². The molecule has 94 valence electrons. The number of carbonyl (C=O) groups excluding carboxylic acids is 1. The van der Waals surface area contributed by atoms with Crippen LogP contribution in [0.1, 0.15) is 20.1 Å². The summed E-state index contributed by atoms with van der Waals surface area (Å²) in [5.41, 5.74) is 1.10. The van der Waals surface area contributed by atoms with Crippen LogP contribution in [-0.2, 0) is 0 Å². The Balaban J connectivity index is 2.21. The van der Waals surface area contributed by atoms with Crippen molar-refractivity contribution in [3.05, 3.63) is 45.4 Å². The second-order valence-corrected chi connectivity index (χ2v) is 5.22. The Morgan fingerprint density at radius 2 is 2.06 bits per heavy atom. The first-order valence-electron chi connectivity index (χ1n) is 5.34. The lowest BCUT2D eigenvalue weighted by Gasteiger charge is -2.05. The third kappa shape index (κ3) is 2.51. The number of rotatable bonds is 2. The number of phenolic OH excluding ortho intramolecular Hbond substituents is 1. The van der Waals surface area contributed by atoms with Gasteiger partial charge >= 0.3 is 0 Å². The van der Waals surface area contributed by atoms with Crippen LogP contribution in [0.2, 0.25) is 0 Å². The van der Waals surface area contributed by atoms with Gasteiger partial charge < -0.3 is 10.4 Å². The second-order valence-electron chi connectivity index (χ2n) is 3.97. The summed E-state index contributed by atoms with van der Waals surface area (Å²) in [6, 6.07) is 5.38. The van der Waals surface area contributed by atoms with Crippen molar-refractivity contribution in [2.24, 2.45) is 0 Å². The van der Waals surface area contributed by atoms with Gasteiger partial charge in [-0.25, -0.2) is 4.39 Å². The van der Waals surface area contributed by atoms with E-state index in [2.05, 4.69) is 5.32 Å². The average Bonchev–Trinajstić information content (AvgIpc) is 2.63. The molecule has 2 N–H and O–H groups in total. The predicted octanol–water partition coefficient (Wildman–Crippen LogP) is 3.46. The number of anilines is 1. The molecule has 0 aliphatic rings. The molecule has 0 fully saturated rings. The van der Waals surface area contributed by atoms with Crippen LogP contribution in [0.5, 0.6) is 5.75 Å². The molecule has 1 aromatic carbocycles. The van der Waals surface area contributed by atoms with E-state index < -0.39 is 5.82 Å². The van der Waals surface area contributed by atoms with Crippen molar-refractivity contribution in [2.45, 2.75) is 13.8 Å². The van der Waals surface area contributed by atoms with E-state index in [9.17, 15) is 9.18 Å². The number of halogens is 1. The zero-order chi connectivity index (χ0) is 13.3. The lowest BCUT2D eigenvalue weighted by atomic mass is 10.2. The molecular formula is C13H12FNO2S. The molecule has 0 saturated heterocycles. The van der Waals surface area contributed by atoms with Gasteiger partial charge in [0.25, 0.3) is 5.91 Å². The molecule has 0 unspecified atom stereocenters. The molecule has 18 heavy (non-hydrogen) atoms. The molecule has 1 aromatic heterocycles. The number of benzene rings is 1. The largest absolute Gasteiger partial charge is 0.508 e. The van der Waals surface area contributed by atoms with Gasteiger partial charge in [0.2, 0.25) is 0 Å². The summed E-state index contributed by atoms with van der Waals surface area (Å²) in [6.07, 6.45) is 0. The molecule has 0 aliphatic carbocycles. The van der Waals surface area contributed by atoms with Crippen molar-refractivity contribution < 1.29 is 14.3 Å². The van der Waals surface area contributed by atoms with Gasteiger partial charge in [0.15, 0.2) is 0 Å². The fourth-order valence-electron chi connectivity index (χ4n) is 1.47. The van der Waals surface area contributed by atoms with Gasteiger partial charge in [-0.2, -0.15) is 0 Å². The quantitative estimate of drug-likeness (QED) is 0.817. The van der Waals surface area contributed by atoms with E-state index in [-0.39, 0.29) is 17.3 Å². The maximum Gasteiger partial charge on any atom is 0.265 e. The van der Waals surface area contributed by atoms with E-state index in [1.165, 1.54) is 23.5 Å². The van der Waals surface area contributed by atoms with Gasteiger partial charge in [-0.3, -0.25) is 4.79 Å². The zero-order valence-corrected chi connectivity index (χ0v) is 10.8. The highest BCUT2D eigenvalue weighted by molar-refractivity contribution is 7.14. The maximum atomic E-state index is 13.4. The summed E-state index contributed by atoms with van der Waals surface area (Å²) < 4.78 is 13.4. The predicted molar refractivity (Wildman–Crippen MR) is 69.8 cm³/mol. The summed E-state index contributed by atoms with van der Waals surface area (Å²) in [5, 5.41) is 11.6. The van der Waals surface area contributed by atoms with Crippen LogP contribution in [-0.4, -0.2) is 11.0 Å². The zero-order valence-electron chi connectivity index (χ0n) is 9.95. The highest BCUT2D eigenvalue weighted by Gasteiger charge is 2.12. The Labute approximate surface area is 108 Å². The third-order valence-corrected chi connectivity index (χ3v) is 3.74. The topological polar surface area (TPSA) is 49.3 Å². The minimum atomic E-state index is -0.659. The standard InChI is InChI=1S/C13H12FNO2S/c1-7-5-12(18-8(7)2)13(17)15-11-4-3-9(16)6-10(11)14/h3-6,16H,1-2H3,(H,15,17). The van der Waals surface area contributed by atoms with Crippen LogP contribution in [0, 0.1) is 19.7 Å². The molecular weight excluding hydrogens is 253 g/mol. The van der Waals surface area contributed by atoms with Crippen LogP contribution >= 0.6 is 11.3 Å². The monoisotopic (exact) mass is 265 g/mol. The number of hydrogen-bond donors (Lipinski definition) is 2. The fraction of sp³-hybridized carbons (Fsp3) is 0.154. The van der Waals surface area contributed by atoms with Crippen molar-refractivity contribution in [1.29, 1.82) is 0 Å². The smallest absolute Gasteiger partial charge is 0.265 e. The van der Waals surface area contributed by atoms with E-state index >= 15 is 0 Å². The molecule has 0 aliphatic heterocycles. The Kier molecular flexibility index (Phi) is 3.34. The first kappa shape index (κ1) is 12.6. The highest BCUT2D eigenvalue weighted by Crippen LogP contribution is 2.24. The summed E-state index contributed by atoms with van der Waals surface area (Å²) in [6.45, 7) is 3.85. The van der Waals surface area contributed by atoms with Crippen LogP contribution in [0.3, 0.4) is 0 Å². The lowest BCUT2D eigenvalue weighted by molar-refractivity contribution is 0.103. The minimum absolute atomic E-state index is 0.0570. The van der Waals surface area contributed by atoms with E-state index in [0.717, 1.165) is 16.5 Å². The maximum absolute atomic E-state index is 13.4. The molecule has 2 rings (SSSR count). The van der Waals surface area contributed by atoms with Crippen LogP contribution in [0.4, 0.5) is 10.1 Å². The minimum Gasteiger partial charge on any atom is -0.508 e. The van der Waals surface area contributed by atoms with E-state index in [0.29, 0.717) is 4.88 Å². The normalized spacial score (nSPS) is 10.4. The average molecular weight is 265 g/mol. The molecule has 5 heteroatoms. The van der Waals surface area contributed by atoms with E-state index in [1.54, 1.807) is 6.07 Å². The molecule has 0 saturated carbocycles. The molecule has 1 heterocycles. The van der Waals surface area contributed by atoms with E-state index in [4.69, 9.17) is 5.11 Å². The molecule has 3 nitrogen and oxygen atoms in total. The summed E-state index contributed by atoms with van der Waals surface area (Å²) in [7, 11) is 0. The number of phenols is 1. The van der Waals surface area contributed by atoms with Crippen molar-refractivity contribution in [3.63, 3.8) is 0 Å². The molecule has 0 spiro atoms. The van der Waals surface area contributed by atoms with Crippen LogP contribution < -0.4 is 5.32 Å². The summed E-state index contributed by atoms with van der Waals surface area (Å²) in [4.78, 5) is 13.5.